The summed E-state index contributed by atoms with van der Waals surface area (Å²) >= 11 is 2.02. The number of benzene rings is 2. The molecule has 4 rings (SSSR count). The number of aromatic nitrogens is 3. The maximum absolute atomic E-state index is 13.2. The van der Waals surface area contributed by atoms with Crippen molar-refractivity contribution < 1.29 is 33.6 Å². The highest BCUT2D eigenvalue weighted by atomic mass is 32.2. The van der Waals surface area contributed by atoms with Crippen LogP contribution in [-0.2, 0) is 20.8 Å². The molecule has 0 unspecified atom stereocenters. The summed E-state index contributed by atoms with van der Waals surface area (Å²) in [4.78, 5) is 61.9. The van der Waals surface area contributed by atoms with E-state index in [4.69, 9.17) is 9.47 Å². The number of non-ortho nitro benzene ring substituents is 1. The Labute approximate surface area is 278 Å². The zero-order chi connectivity index (χ0) is 34.2. The second-order valence-electron chi connectivity index (χ2n) is 10.0. The van der Waals surface area contributed by atoms with Crippen molar-refractivity contribution in [2.24, 2.45) is 0 Å². The summed E-state index contributed by atoms with van der Waals surface area (Å²) in [6.07, 6.45) is 0. The SMILES string of the molecule is CCOC(=O)c1sc(NC(=O)CSc2nnc(CNC(=O)c3ccc([N+](=O)[O-])cc3)n2-c2cc(C)ccc2C)c(C(=O)OCC)c1C. The third-order valence-electron chi connectivity index (χ3n) is 6.73. The van der Waals surface area contributed by atoms with Crippen LogP contribution in [0, 0.1) is 30.9 Å². The molecule has 2 heterocycles. The number of nitro benzene ring substituents is 1. The molecule has 47 heavy (non-hydrogen) atoms. The average Bonchev–Trinajstić information content (AvgIpc) is 3.60. The van der Waals surface area contributed by atoms with Crippen LogP contribution in [0.2, 0.25) is 0 Å². The number of aryl methyl sites for hydroxylation is 2. The molecule has 0 aliphatic carbocycles. The van der Waals surface area contributed by atoms with E-state index >= 15 is 0 Å². The number of thioether (sulfide) groups is 1. The zero-order valence-corrected chi connectivity index (χ0v) is 27.9. The van der Waals surface area contributed by atoms with Crippen LogP contribution >= 0.6 is 23.1 Å². The largest absolute Gasteiger partial charge is 0.462 e. The molecular weight excluding hydrogens is 649 g/mol. The number of nitrogens with zero attached hydrogens (tertiary/aromatic N) is 4. The summed E-state index contributed by atoms with van der Waals surface area (Å²) in [6, 6.07) is 11.0. The van der Waals surface area contributed by atoms with Gasteiger partial charge in [0.15, 0.2) is 11.0 Å². The minimum Gasteiger partial charge on any atom is -0.462 e. The number of nitrogens with one attached hydrogen (secondary N) is 2. The first kappa shape index (κ1) is 34.8. The molecule has 0 saturated heterocycles. The van der Waals surface area contributed by atoms with Crippen molar-refractivity contribution in [3.8, 4) is 5.69 Å². The van der Waals surface area contributed by atoms with Gasteiger partial charge in [-0.1, -0.05) is 23.9 Å². The van der Waals surface area contributed by atoms with Gasteiger partial charge in [-0.3, -0.25) is 24.3 Å². The third-order valence-corrected chi connectivity index (χ3v) is 8.84. The standard InChI is InChI=1S/C31H32N6O8S2/c1-6-44-29(40)25-19(5)26(30(41)45-7-2)47-28(25)33-24(38)16-46-31-35-34-23(36(31)22-14-17(3)8-9-18(22)4)15-32-27(39)20-10-12-21(13-11-20)37(42)43/h8-14H,6-7,15-16H2,1-5H3,(H,32,39)(H,33,38). The highest BCUT2D eigenvalue weighted by Crippen LogP contribution is 2.35. The molecule has 246 valence electrons. The van der Waals surface area contributed by atoms with E-state index in [2.05, 4.69) is 20.8 Å². The maximum atomic E-state index is 13.2. The van der Waals surface area contributed by atoms with Crippen LogP contribution in [-0.4, -0.2) is 62.4 Å². The fourth-order valence-electron chi connectivity index (χ4n) is 4.44. The lowest BCUT2D eigenvalue weighted by atomic mass is 10.1. The van der Waals surface area contributed by atoms with Gasteiger partial charge in [-0.15, -0.1) is 21.5 Å². The van der Waals surface area contributed by atoms with Gasteiger partial charge in [-0.2, -0.15) is 0 Å². The Kier molecular flexibility index (Phi) is 11.4. The van der Waals surface area contributed by atoms with Crippen LogP contribution in [0.4, 0.5) is 10.7 Å². The summed E-state index contributed by atoms with van der Waals surface area (Å²) in [6.45, 7) is 8.98. The van der Waals surface area contributed by atoms with Gasteiger partial charge in [0.05, 0.1) is 41.7 Å². The average molecular weight is 681 g/mol. The lowest BCUT2D eigenvalue weighted by Crippen LogP contribution is -2.24. The zero-order valence-electron chi connectivity index (χ0n) is 26.2. The van der Waals surface area contributed by atoms with Crippen LogP contribution in [0.3, 0.4) is 0 Å². The van der Waals surface area contributed by atoms with Crippen LogP contribution in [0.5, 0.6) is 0 Å². The third kappa shape index (κ3) is 8.20. The molecular formula is C31H32N6O8S2. The van der Waals surface area contributed by atoms with Crippen molar-refractivity contribution in [3.63, 3.8) is 0 Å². The van der Waals surface area contributed by atoms with Crippen molar-refractivity contribution in [3.05, 3.63) is 91.1 Å². The molecule has 2 amide bonds. The number of hydrogen-bond acceptors (Lipinski definition) is 12. The molecule has 2 N–H and O–H groups in total. The summed E-state index contributed by atoms with van der Waals surface area (Å²) in [5.74, 6) is -1.96. The first-order valence-electron chi connectivity index (χ1n) is 14.4. The van der Waals surface area contributed by atoms with E-state index in [1.165, 1.54) is 24.3 Å². The smallest absolute Gasteiger partial charge is 0.348 e. The van der Waals surface area contributed by atoms with E-state index in [0.29, 0.717) is 16.5 Å². The highest BCUT2D eigenvalue weighted by molar-refractivity contribution is 7.99. The number of anilines is 1. The van der Waals surface area contributed by atoms with Crippen LogP contribution in [0.15, 0.2) is 47.6 Å². The van der Waals surface area contributed by atoms with Crippen molar-refractivity contribution in [2.75, 3.05) is 24.3 Å². The summed E-state index contributed by atoms with van der Waals surface area (Å²) in [5, 5.41) is 25.6. The van der Waals surface area contributed by atoms with Gasteiger partial charge in [0.25, 0.3) is 11.6 Å². The Morgan fingerprint density at radius 2 is 1.66 bits per heavy atom. The number of esters is 2. The molecule has 14 nitrogen and oxygen atoms in total. The predicted molar refractivity (Wildman–Crippen MR) is 175 cm³/mol. The Morgan fingerprint density at radius 1 is 0.979 bits per heavy atom. The molecule has 2 aromatic carbocycles. The first-order valence-corrected chi connectivity index (χ1v) is 16.2. The number of hydrogen-bond donors (Lipinski definition) is 2. The number of rotatable bonds is 13. The van der Waals surface area contributed by atoms with Gasteiger partial charge < -0.3 is 20.1 Å². The summed E-state index contributed by atoms with van der Waals surface area (Å²) in [7, 11) is 0. The maximum Gasteiger partial charge on any atom is 0.348 e. The molecule has 0 atom stereocenters. The van der Waals surface area contributed by atoms with Crippen LogP contribution in [0.25, 0.3) is 5.69 Å². The number of nitro groups is 1. The van der Waals surface area contributed by atoms with Crippen molar-refractivity contribution >= 4 is 57.5 Å². The Balaban J connectivity index is 1.56. The van der Waals surface area contributed by atoms with E-state index in [1.807, 2.05) is 32.0 Å². The molecule has 0 fully saturated rings. The molecule has 0 aliphatic heterocycles. The van der Waals surface area contributed by atoms with Crippen molar-refractivity contribution in [1.82, 2.24) is 20.1 Å². The van der Waals surface area contributed by atoms with E-state index < -0.39 is 28.7 Å². The number of ether oxygens (including phenoxy) is 2. The Hall–Kier alpha value is -5.09. The summed E-state index contributed by atoms with van der Waals surface area (Å²) < 4.78 is 12.0. The van der Waals surface area contributed by atoms with E-state index in [-0.39, 0.29) is 52.2 Å². The van der Waals surface area contributed by atoms with Gasteiger partial charge >= 0.3 is 11.9 Å². The van der Waals surface area contributed by atoms with Gasteiger partial charge in [-0.25, -0.2) is 9.59 Å². The molecule has 0 aliphatic rings. The molecule has 2 aromatic heterocycles. The van der Waals surface area contributed by atoms with Gasteiger partial charge in [0.2, 0.25) is 5.91 Å². The fraction of sp³-hybridized carbons (Fsp3) is 0.290. The lowest BCUT2D eigenvalue weighted by Gasteiger charge is -2.14. The van der Waals surface area contributed by atoms with Crippen LogP contribution in [0.1, 0.15) is 66.7 Å². The van der Waals surface area contributed by atoms with Crippen molar-refractivity contribution in [1.29, 1.82) is 0 Å². The second-order valence-corrected chi connectivity index (χ2v) is 12.0. The number of thiophene rings is 1. The highest BCUT2D eigenvalue weighted by Gasteiger charge is 2.28. The number of carbonyl (C=O) groups excluding carboxylic acids is 4. The quantitative estimate of drug-likeness (QED) is 0.0821. The van der Waals surface area contributed by atoms with Crippen LogP contribution < -0.4 is 10.6 Å². The number of carbonyl (C=O) groups is 4. The van der Waals surface area contributed by atoms with E-state index in [9.17, 15) is 29.3 Å². The van der Waals surface area contributed by atoms with Gasteiger partial charge in [-0.05, 0) is 69.5 Å². The Bertz CT molecular complexity index is 1830. The minimum atomic E-state index is -0.671. The monoisotopic (exact) mass is 680 g/mol. The molecule has 0 radical (unpaired) electrons. The molecule has 0 saturated carbocycles. The fourth-order valence-corrected chi connectivity index (χ4v) is 6.31. The van der Waals surface area contributed by atoms with Gasteiger partial charge in [0.1, 0.15) is 9.88 Å². The topological polar surface area (TPSA) is 185 Å². The minimum absolute atomic E-state index is 0.0308. The Morgan fingerprint density at radius 3 is 2.32 bits per heavy atom. The van der Waals surface area contributed by atoms with E-state index in [1.54, 1.807) is 25.3 Å². The van der Waals surface area contributed by atoms with Crippen molar-refractivity contribution in [2.45, 2.75) is 46.3 Å². The predicted octanol–water partition coefficient (Wildman–Crippen LogP) is 5.18. The normalized spacial score (nSPS) is 10.7. The van der Waals surface area contributed by atoms with E-state index in [0.717, 1.165) is 39.9 Å². The number of amides is 2. The molecule has 16 heteroatoms. The van der Waals surface area contributed by atoms with Gasteiger partial charge in [0, 0.05) is 17.7 Å². The second kappa shape index (κ2) is 15.5. The molecule has 4 aromatic rings. The molecule has 0 bridgehead atoms. The first-order chi connectivity index (χ1) is 22.4. The molecule has 0 spiro atoms. The summed E-state index contributed by atoms with van der Waals surface area (Å²) in [5.41, 5.74) is 3.14. The lowest BCUT2D eigenvalue weighted by molar-refractivity contribution is -0.384.